The Balaban J connectivity index is 1.74. The molecule has 0 spiro atoms. The molecule has 2 N–H and O–H groups in total. The van der Waals surface area contributed by atoms with E-state index in [2.05, 4.69) is 16.8 Å². The van der Waals surface area contributed by atoms with Crippen molar-refractivity contribution in [2.75, 3.05) is 4.90 Å². The Kier molecular flexibility index (Phi) is 3.93. The smallest absolute Gasteiger partial charge is 0.238 e. The molecule has 4 rings (SSSR count). The monoisotopic (exact) mass is 371 g/mol. The number of hydrogen-bond acceptors (Lipinski definition) is 4. The number of benzene rings is 2. The Bertz CT molecular complexity index is 1110. The number of sulfonamides is 1. The maximum absolute atomic E-state index is 14.0. The van der Waals surface area contributed by atoms with Crippen LogP contribution in [0.4, 0.5) is 10.1 Å². The van der Waals surface area contributed by atoms with Crippen molar-refractivity contribution in [2.45, 2.75) is 30.8 Å². The fraction of sp³-hybridized carbons (Fsp3) is 0.211. The lowest BCUT2D eigenvalue weighted by Gasteiger charge is -2.25. The summed E-state index contributed by atoms with van der Waals surface area (Å²) in [6.07, 6.45) is 2.39. The van der Waals surface area contributed by atoms with Crippen molar-refractivity contribution in [1.82, 2.24) is 4.98 Å². The lowest BCUT2D eigenvalue weighted by Crippen LogP contribution is -2.28. The van der Waals surface area contributed by atoms with Gasteiger partial charge in [-0.3, -0.25) is 4.98 Å². The molecule has 5 nitrogen and oxygen atoms in total. The first-order valence-corrected chi connectivity index (χ1v) is 9.84. The maximum Gasteiger partial charge on any atom is 0.238 e. The van der Waals surface area contributed by atoms with Gasteiger partial charge in [-0.05, 0) is 60.9 Å². The summed E-state index contributed by atoms with van der Waals surface area (Å²) in [5, 5.41) is 5.74. The zero-order chi connectivity index (χ0) is 18.5. The standard InChI is InChI=1S/C19H18FN3O2S/c1-12-9-14-10-15(26(21,24)25)5-7-18(14)23(12)11-13-4-6-17(20)16-3-2-8-22-19(13)16/h2-8,10,12H,9,11H2,1H3,(H2,21,24,25). The van der Waals surface area contributed by atoms with E-state index in [9.17, 15) is 12.8 Å². The van der Waals surface area contributed by atoms with Gasteiger partial charge in [0.15, 0.2) is 0 Å². The molecule has 134 valence electrons. The number of rotatable bonds is 3. The molecule has 2 aromatic carbocycles. The summed E-state index contributed by atoms with van der Waals surface area (Å²) in [7, 11) is -3.72. The van der Waals surface area contributed by atoms with E-state index in [0.717, 1.165) is 23.2 Å². The van der Waals surface area contributed by atoms with Crippen molar-refractivity contribution in [3.05, 3.63) is 65.6 Å². The number of aromatic nitrogens is 1. The molecule has 0 amide bonds. The third kappa shape index (κ3) is 2.83. The third-order valence-corrected chi connectivity index (χ3v) is 5.79. The van der Waals surface area contributed by atoms with E-state index in [4.69, 9.17) is 5.14 Å². The number of pyridine rings is 1. The number of primary sulfonamides is 1. The fourth-order valence-electron chi connectivity index (χ4n) is 3.60. The van der Waals surface area contributed by atoms with Crippen LogP contribution in [0.25, 0.3) is 10.9 Å². The second kappa shape index (κ2) is 6.03. The molecule has 2 heterocycles. The quantitative estimate of drug-likeness (QED) is 0.768. The van der Waals surface area contributed by atoms with Gasteiger partial charge in [0, 0.05) is 29.9 Å². The number of fused-ring (bicyclic) bond motifs is 2. The predicted octanol–water partition coefficient (Wildman–Crippen LogP) is 2.97. The molecule has 3 aromatic rings. The van der Waals surface area contributed by atoms with Crippen LogP contribution in [0.15, 0.2) is 53.6 Å². The van der Waals surface area contributed by atoms with E-state index in [1.54, 1.807) is 36.5 Å². The van der Waals surface area contributed by atoms with Crippen LogP contribution in [0.1, 0.15) is 18.1 Å². The average molecular weight is 371 g/mol. The highest BCUT2D eigenvalue weighted by molar-refractivity contribution is 7.89. The minimum Gasteiger partial charge on any atom is -0.364 e. The first kappa shape index (κ1) is 16.9. The summed E-state index contributed by atoms with van der Waals surface area (Å²) in [6, 6.07) is 11.8. The Labute approximate surface area is 151 Å². The van der Waals surface area contributed by atoms with Gasteiger partial charge in [0.25, 0.3) is 0 Å². The van der Waals surface area contributed by atoms with Gasteiger partial charge in [0.1, 0.15) is 5.82 Å². The van der Waals surface area contributed by atoms with Crippen LogP contribution in [0.5, 0.6) is 0 Å². The Morgan fingerprint density at radius 2 is 2.08 bits per heavy atom. The maximum atomic E-state index is 14.0. The van der Waals surface area contributed by atoms with Crippen LogP contribution in [0.2, 0.25) is 0 Å². The Hall–Kier alpha value is -2.51. The molecular weight excluding hydrogens is 353 g/mol. The summed E-state index contributed by atoms with van der Waals surface area (Å²) >= 11 is 0. The van der Waals surface area contributed by atoms with E-state index in [0.29, 0.717) is 17.4 Å². The fourth-order valence-corrected chi connectivity index (χ4v) is 4.16. The van der Waals surface area contributed by atoms with Crippen LogP contribution >= 0.6 is 0 Å². The van der Waals surface area contributed by atoms with Crippen LogP contribution < -0.4 is 10.0 Å². The largest absolute Gasteiger partial charge is 0.364 e. The Morgan fingerprint density at radius 3 is 2.85 bits per heavy atom. The minimum absolute atomic E-state index is 0.124. The zero-order valence-electron chi connectivity index (χ0n) is 14.2. The first-order chi connectivity index (χ1) is 12.3. The van der Waals surface area contributed by atoms with Gasteiger partial charge in [0.2, 0.25) is 10.0 Å². The third-order valence-electron chi connectivity index (χ3n) is 4.88. The van der Waals surface area contributed by atoms with E-state index < -0.39 is 10.0 Å². The van der Waals surface area contributed by atoms with Crippen molar-refractivity contribution in [1.29, 1.82) is 0 Å². The van der Waals surface area contributed by atoms with Gasteiger partial charge in [-0.2, -0.15) is 0 Å². The van der Waals surface area contributed by atoms with Crippen LogP contribution in [0, 0.1) is 5.82 Å². The number of nitrogens with zero attached hydrogens (tertiary/aromatic N) is 2. The van der Waals surface area contributed by atoms with Crippen LogP contribution in [0.3, 0.4) is 0 Å². The van der Waals surface area contributed by atoms with Crippen molar-refractivity contribution in [3.8, 4) is 0 Å². The van der Waals surface area contributed by atoms with Gasteiger partial charge < -0.3 is 4.90 Å². The summed E-state index contributed by atoms with van der Waals surface area (Å²) < 4.78 is 37.2. The summed E-state index contributed by atoms with van der Waals surface area (Å²) in [4.78, 5) is 6.66. The lowest BCUT2D eigenvalue weighted by molar-refractivity contribution is 0.597. The molecule has 26 heavy (non-hydrogen) atoms. The van der Waals surface area contributed by atoms with Gasteiger partial charge in [-0.15, -0.1) is 0 Å². The molecule has 1 aromatic heterocycles. The summed E-state index contributed by atoms with van der Waals surface area (Å²) in [6.45, 7) is 2.65. The second-order valence-electron chi connectivity index (χ2n) is 6.62. The van der Waals surface area contributed by atoms with Gasteiger partial charge in [0.05, 0.1) is 10.4 Å². The van der Waals surface area contributed by atoms with Crippen molar-refractivity contribution in [2.24, 2.45) is 5.14 Å². The van der Waals surface area contributed by atoms with E-state index >= 15 is 0 Å². The number of halogens is 1. The van der Waals surface area contributed by atoms with Crippen LogP contribution in [-0.2, 0) is 23.0 Å². The average Bonchev–Trinajstić information content (AvgIpc) is 2.91. The molecule has 1 atom stereocenters. The zero-order valence-corrected chi connectivity index (χ0v) is 15.0. The summed E-state index contributed by atoms with van der Waals surface area (Å²) in [5.41, 5.74) is 3.49. The molecule has 0 saturated carbocycles. The number of hydrogen-bond donors (Lipinski definition) is 1. The SMILES string of the molecule is CC1Cc2cc(S(N)(=O)=O)ccc2N1Cc1ccc(F)c2cccnc12. The highest BCUT2D eigenvalue weighted by atomic mass is 32.2. The van der Waals surface area contributed by atoms with E-state index in [-0.39, 0.29) is 16.8 Å². The normalized spacial score (nSPS) is 16.9. The van der Waals surface area contributed by atoms with Crippen molar-refractivity contribution in [3.63, 3.8) is 0 Å². The number of anilines is 1. The molecule has 0 aliphatic carbocycles. The molecule has 7 heteroatoms. The highest BCUT2D eigenvalue weighted by Gasteiger charge is 2.28. The molecule has 0 fully saturated rings. The molecule has 0 bridgehead atoms. The van der Waals surface area contributed by atoms with Gasteiger partial charge >= 0.3 is 0 Å². The topological polar surface area (TPSA) is 76.3 Å². The minimum atomic E-state index is -3.72. The van der Waals surface area contributed by atoms with E-state index in [1.807, 2.05) is 0 Å². The molecule has 0 saturated heterocycles. The molecule has 1 unspecified atom stereocenters. The Morgan fingerprint density at radius 1 is 1.27 bits per heavy atom. The van der Waals surface area contributed by atoms with Crippen LogP contribution in [-0.4, -0.2) is 19.4 Å². The lowest BCUT2D eigenvalue weighted by atomic mass is 10.1. The van der Waals surface area contributed by atoms with Crippen molar-refractivity contribution < 1.29 is 12.8 Å². The molecule has 0 radical (unpaired) electrons. The van der Waals surface area contributed by atoms with Crippen molar-refractivity contribution >= 4 is 26.6 Å². The molecule has 1 aliphatic rings. The first-order valence-electron chi connectivity index (χ1n) is 8.29. The van der Waals surface area contributed by atoms with E-state index in [1.165, 1.54) is 12.1 Å². The molecular formula is C19H18FN3O2S. The highest BCUT2D eigenvalue weighted by Crippen LogP contribution is 2.35. The van der Waals surface area contributed by atoms with Gasteiger partial charge in [-0.25, -0.2) is 17.9 Å². The second-order valence-corrected chi connectivity index (χ2v) is 8.18. The predicted molar refractivity (Wildman–Crippen MR) is 98.9 cm³/mol. The molecule has 1 aliphatic heterocycles. The number of nitrogens with two attached hydrogens (primary N) is 1. The summed E-state index contributed by atoms with van der Waals surface area (Å²) in [5.74, 6) is -0.287. The van der Waals surface area contributed by atoms with Gasteiger partial charge in [-0.1, -0.05) is 6.07 Å².